The van der Waals surface area contributed by atoms with Crippen LogP contribution >= 0.6 is 0 Å². The molecule has 4 rings (SSSR count). The Kier molecular flexibility index (Phi) is 7.24. The average Bonchev–Trinajstić information content (AvgIpc) is 2.78. The summed E-state index contributed by atoms with van der Waals surface area (Å²) in [7, 11) is -3.73. The molecule has 0 bridgehead atoms. The smallest absolute Gasteiger partial charge is 0.265 e. The molecule has 1 aliphatic carbocycles. The summed E-state index contributed by atoms with van der Waals surface area (Å²) in [4.78, 5) is 27.1. The quantitative estimate of drug-likeness (QED) is 0.683. The number of nitrogens with one attached hydrogen (secondary N) is 1. The molecule has 1 N–H and O–H groups in total. The normalized spacial score (nSPS) is 30.4. The number of benzene rings is 1. The summed E-state index contributed by atoms with van der Waals surface area (Å²) in [5, 5.41) is 3.10. The van der Waals surface area contributed by atoms with Gasteiger partial charge in [0.1, 0.15) is 12.3 Å². The first-order valence-corrected chi connectivity index (χ1v) is 13.9. The number of carbonyl (C=O) groups excluding carboxylic acids is 2. The third kappa shape index (κ3) is 5.10. The Morgan fingerprint density at radius 3 is 2.53 bits per heavy atom. The van der Waals surface area contributed by atoms with Crippen molar-refractivity contribution in [3.63, 3.8) is 0 Å². The highest BCUT2D eigenvalue weighted by atomic mass is 32.2. The van der Waals surface area contributed by atoms with Gasteiger partial charge in [-0.15, -0.1) is 0 Å². The number of nitrogens with zero attached hydrogens (tertiary/aromatic N) is 2. The van der Waals surface area contributed by atoms with E-state index in [1.165, 1.54) is 21.3 Å². The Hall–Kier alpha value is -2.13. The molecular weight excluding hydrogens is 454 g/mol. The van der Waals surface area contributed by atoms with Crippen LogP contribution in [0.5, 0.6) is 5.75 Å². The van der Waals surface area contributed by atoms with Gasteiger partial charge in [-0.2, -0.15) is 4.31 Å². The number of carbonyl (C=O) groups is 2. The average molecular weight is 492 g/mol. The van der Waals surface area contributed by atoms with Crippen LogP contribution < -0.4 is 15.0 Å². The fourth-order valence-corrected chi connectivity index (χ4v) is 7.35. The Labute approximate surface area is 203 Å². The molecule has 188 valence electrons. The number of fused-ring (bicyclic) bond motifs is 1. The van der Waals surface area contributed by atoms with Crippen molar-refractivity contribution < 1.29 is 22.7 Å². The number of sulfonamides is 1. The molecule has 1 saturated carbocycles. The Bertz CT molecular complexity index is 1030. The lowest BCUT2D eigenvalue weighted by Crippen LogP contribution is -2.50. The second-order valence-corrected chi connectivity index (χ2v) is 12.5. The molecule has 0 aromatic heterocycles. The maximum absolute atomic E-state index is 13.4. The van der Waals surface area contributed by atoms with Crippen molar-refractivity contribution in [3.05, 3.63) is 18.2 Å². The van der Waals surface area contributed by atoms with Crippen molar-refractivity contribution in [1.29, 1.82) is 0 Å². The number of hydrogen-bond acceptors (Lipinski definition) is 5. The molecule has 0 unspecified atom stereocenters. The van der Waals surface area contributed by atoms with E-state index in [9.17, 15) is 18.0 Å². The molecule has 1 aromatic rings. The lowest BCUT2D eigenvalue weighted by molar-refractivity contribution is -0.126. The van der Waals surface area contributed by atoms with Gasteiger partial charge in [-0.1, -0.05) is 40.5 Å². The molecule has 2 fully saturated rings. The lowest BCUT2D eigenvalue weighted by Gasteiger charge is -2.36. The van der Waals surface area contributed by atoms with E-state index in [1.807, 2.05) is 0 Å². The van der Waals surface area contributed by atoms with Gasteiger partial charge in [0, 0.05) is 19.1 Å². The molecule has 8 nitrogen and oxygen atoms in total. The van der Waals surface area contributed by atoms with Crippen LogP contribution in [0.15, 0.2) is 23.1 Å². The van der Waals surface area contributed by atoms with Gasteiger partial charge >= 0.3 is 0 Å². The predicted octanol–water partition coefficient (Wildman–Crippen LogP) is 3.02. The second kappa shape index (κ2) is 9.85. The first-order chi connectivity index (χ1) is 16.1. The van der Waals surface area contributed by atoms with Gasteiger partial charge in [0.25, 0.3) is 5.91 Å². The van der Waals surface area contributed by atoms with E-state index in [0.29, 0.717) is 36.4 Å². The standard InChI is InChI=1S/C25H37N3O5S/c1-16-10-17(2)13-27(12-16)34(31,32)20-8-9-23-22(11-20)28(25(30)15-33-23)14-24(29)26-21-7-5-6-18(3)19(21)4/h8-9,11,16-19,21H,5-7,10,12-15H2,1-4H3,(H,26,29)/t16-,17+,18-,19-,21+/m0/s1. The van der Waals surface area contributed by atoms with E-state index in [-0.39, 0.29) is 47.7 Å². The maximum atomic E-state index is 13.4. The molecule has 0 spiro atoms. The zero-order valence-corrected chi connectivity index (χ0v) is 21.4. The molecule has 1 saturated heterocycles. The van der Waals surface area contributed by atoms with Crippen LogP contribution in [0, 0.1) is 23.7 Å². The highest BCUT2D eigenvalue weighted by Crippen LogP contribution is 2.36. The van der Waals surface area contributed by atoms with Crippen molar-refractivity contribution in [2.45, 2.75) is 64.3 Å². The van der Waals surface area contributed by atoms with E-state index in [2.05, 4.69) is 33.0 Å². The summed E-state index contributed by atoms with van der Waals surface area (Å²) >= 11 is 0. The van der Waals surface area contributed by atoms with E-state index in [0.717, 1.165) is 25.7 Å². The fourth-order valence-electron chi connectivity index (χ4n) is 5.65. The van der Waals surface area contributed by atoms with Gasteiger partial charge in [-0.25, -0.2) is 8.42 Å². The molecule has 2 heterocycles. The van der Waals surface area contributed by atoms with Gasteiger partial charge in [0.05, 0.1) is 10.6 Å². The van der Waals surface area contributed by atoms with Gasteiger partial charge < -0.3 is 10.1 Å². The van der Waals surface area contributed by atoms with E-state index in [1.54, 1.807) is 6.07 Å². The highest BCUT2D eigenvalue weighted by Gasteiger charge is 2.35. The summed E-state index contributed by atoms with van der Waals surface area (Å²) < 4.78 is 33.9. The van der Waals surface area contributed by atoms with Crippen molar-refractivity contribution in [3.8, 4) is 5.75 Å². The van der Waals surface area contributed by atoms with Crippen LogP contribution in [0.4, 0.5) is 5.69 Å². The fraction of sp³-hybridized carbons (Fsp3) is 0.680. The molecule has 0 radical (unpaired) electrons. The second-order valence-electron chi connectivity index (χ2n) is 10.6. The summed E-state index contributed by atoms with van der Waals surface area (Å²) in [6, 6.07) is 4.67. The molecule has 9 heteroatoms. The Morgan fingerprint density at radius 2 is 1.82 bits per heavy atom. The third-order valence-corrected chi connectivity index (χ3v) is 9.53. The van der Waals surface area contributed by atoms with Crippen molar-refractivity contribution in [1.82, 2.24) is 9.62 Å². The van der Waals surface area contributed by atoms with Crippen molar-refractivity contribution in [2.75, 3.05) is 31.1 Å². The molecule has 2 aliphatic heterocycles. The van der Waals surface area contributed by atoms with E-state index in [4.69, 9.17) is 4.74 Å². The summed E-state index contributed by atoms with van der Waals surface area (Å²) in [5.41, 5.74) is 0.329. The minimum absolute atomic E-state index is 0.0849. The van der Waals surface area contributed by atoms with Crippen LogP contribution in [-0.2, 0) is 19.6 Å². The number of piperidine rings is 1. The Morgan fingerprint density at radius 1 is 1.12 bits per heavy atom. The van der Waals surface area contributed by atoms with Gasteiger partial charge in [0.15, 0.2) is 6.61 Å². The van der Waals surface area contributed by atoms with Gasteiger partial charge in [-0.05, 0) is 54.7 Å². The molecule has 1 aromatic carbocycles. The first-order valence-electron chi connectivity index (χ1n) is 12.4. The summed E-state index contributed by atoms with van der Waals surface area (Å²) in [6.45, 7) is 9.10. The Balaban J connectivity index is 1.55. The van der Waals surface area contributed by atoms with Gasteiger partial charge in [-0.3, -0.25) is 14.5 Å². The predicted molar refractivity (Wildman–Crippen MR) is 130 cm³/mol. The number of hydrogen-bond donors (Lipinski definition) is 1. The summed E-state index contributed by atoms with van der Waals surface area (Å²) in [5.74, 6) is 1.29. The molecule has 34 heavy (non-hydrogen) atoms. The zero-order valence-electron chi connectivity index (χ0n) is 20.6. The lowest BCUT2D eigenvalue weighted by atomic mass is 9.78. The number of rotatable bonds is 5. The maximum Gasteiger partial charge on any atom is 0.265 e. The van der Waals surface area contributed by atoms with Crippen LogP contribution in [0.25, 0.3) is 0 Å². The molecular formula is C25H37N3O5S. The third-order valence-electron chi connectivity index (χ3n) is 7.70. The SMILES string of the molecule is C[C@@H]1C[C@H](C)CN(S(=O)(=O)c2ccc3c(c2)N(CC(=O)N[C@@H]2CCC[C@H](C)[C@@H]2C)C(=O)CO3)C1. The van der Waals surface area contributed by atoms with Crippen LogP contribution in [0.1, 0.15) is 53.4 Å². The van der Waals surface area contributed by atoms with Gasteiger partial charge in [0.2, 0.25) is 15.9 Å². The zero-order chi connectivity index (χ0) is 24.6. The minimum Gasteiger partial charge on any atom is -0.482 e. The number of anilines is 1. The number of ether oxygens (including phenoxy) is 1. The summed E-state index contributed by atoms with van der Waals surface area (Å²) in [6.07, 6.45) is 4.17. The van der Waals surface area contributed by atoms with Crippen LogP contribution in [0.3, 0.4) is 0 Å². The minimum atomic E-state index is -3.73. The van der Waals surface area contributed by atoms with E-state index < -0.39 is 10.0 Å². The molecule has 2 amide bonds. The van der Waals surface area contributed by atoms with Crippen LogP contribution in [0.2, 0.25) is 0 Å². The largest absolute Gasteiger partial charge is 0.482 e. The first kappa shape index (κ1) is 25.0. The monoisotopic (exact) mass is 491 g/mol. The van der Waals surface area contributed by atoms with Crippen molar-refractivity contribution in [2.24, 2.45) is 23.7 Å². The van der Waals surface area contributed by atoms with Crippen LogP contribution in [-0.4, -0.2) is 56.8 Å². The topological polar surface area (TPSA) is 96.0 Å². The molecule has 5 atom stereocenters. The highest BCUT2D eigenvalue weighted by molar-refractivity contribution is 7.89. The van der Waals surface area contributed by atoms with Crippen molar-refractivity contribution >= 4 is 27.5 Å². The molecule has 3 aliphatic rings. The number of amides is 2. The van der Waals surface area contributed by atoms with E-state index >= 15 is 0 Å².